The number of ether oxygens (including phenoxy) is 1. The average Bonchev–Trinajstić information content (AvgIpc) is 2.53. The van der Waals surface area contributed by atoms with Crippen molar-refractivity contribution in [1.82, 2.24) is 5.32 Å². The zero-order valence-corrected chi connectivity index (χ0v) is 13.5. The summed E-state index contributed by atoms with van der Waals surface area (Å²) in [4.78, 5) is 0. The lowest BCUT2D eigenvalue weighted by Gasteiger charge is -2.19. The Morgan fingerprint density at radius 3 is 2.27 bits per heavy atom. The standard InChI is InChI=1S/C19H25NO2/c1-14-8-7-9-15(2)19(14)22-13-18(21)12-20-16(3)17-10-5-4-6-11-17/h4-11,16,18,20-21H,12-13H2,1-3H3/t16-,18+/m0/s1. The summed E-state index contributed by atoms with van der Waals surface area (Å²) in [6.07, 6.45) is -0.537. The van der Waals surface area contributed by atoms with Crippen LogP contribution in [0.2, 0.25) is 0 Å². The molecule has 22 heavy (non-hydrogen) atoms. The summed E-state index contributed by atoms with van der Waals surface area (Å²) in [7, 11) is 0. The van der Waals surface area contributed by atoms with Crippen LogP contribution in [0.1, 0.15) is 29.7 Å². The van der Waals surface area contributed by atoms with Gasteiger partial charge in [0.1, 0.15) is 18.5 Å². The fourth-order valence-electron chi connectivity index (χ4n) is 2.44. The molecule has 2 aromatic carbocycles. The van der Waals surface area contributed by atoms with Crippen LogP contribution in [0.25, 0.3) is 0 Å². The van der Waals surface area contributed by atoms with E-state index in [4.69, 9.17) is 4.74 Å². The summed E-state index contributed by atoms with van der Waals surface area (Å²) < 4.78 is 5.78. The summed E-state index contributed by atoms with van der Waals surface area (Å²) in [5.41, 5.74) is 3.40. The zero-order valence-electron chi connectivity index (χ0n) is 13.5. The Morgan fingerprint density at radius 2 is 1.64 bits per heavy atom. The van der Waals surface area contributed by atoms with Gasteiger partial charge in [-0.2, -0.15) is 0 Å². The molecule has 3 heteroatoms. The Morgan fingerprint density at radius 1 is 1.00 bits per heavy atom. The molecule has 0 spiro atoms. The summed E-state index contributed by atoms with van der Waals surface area (Å²) in [6.45, 7) is 6.92. The molecule has 0 heterocycles. The molecule has 0 aliphatic heterocycles. The predicted octanol–water partition coefficient (Wildman–Crippen LogP) is 3.39. The fraction of sp³-hybridized carbons (Fsp3) is 0.368. The minimum absolute atomic E-state index is 0.205. The molecule has 2 rings (SSSR count). The van der Waals surface area contributed by atoms with Gasteiger partial charge in [-0.1, -0.05) is 48.5 Å². The molecular formula is C19H25NO2. The highest BCUT2D eigenvalue weighted by Crippen LogP contribution is 2.22. The van der Waals surface area contributed by atoms with E-state index >= 15 is 0 Å². The maximum Gasteiger partial charge on any atom is 0.125 e. The molecule has 118 valence electrons. The summed E-state index contributed by atoms with van der Waals surface area (Å²) >= 11 is 0. The van der Waals surface area contributed by atoms with Gasteiger partial charge in [-0.25, -0.2) is 0 Å². The minimum atomic E-state index is -0.537. The summed E-state index contributed by atoms with van der Waals surface area (Å²) in [5.74, 6) is 0.873. The van der Waals surface area contributed by atoms with Crippen LogP contribution in [0.4, 0.5) is 0 Å². The highest BCUT2D eigenvalue weighted by Gasteiger charge is 2.11. The van der Waals surface area contributed by atoms with Crippen molar-refractivity contribution in [2.24, 2.45) is 0 Å². The van der Waals surface area contributed by atoms with Crippen LogP contribution < -0.4 is 10.1 Å². The van der Waals surface area contributed by atoms with Crippen molar-refractivity contribution in [3.8, 4) is 5.75 Å². The van der Waals surface area contributed by atoms with Crippen LogP contribution >= 0.6 is 0 Å². The van der Waals surface area contributed by atoms with Crippen LogP contribution in [0, 0.1) is 13.8 Å². The third kappa shape index (κ3) is 4.58. The normalized spacial score (nSPS) is 13.6. The van der Waals surface area contributed by atoms with Crippen molar-refractivity contribution >= 4 is 0 Å². The van der Waals surface area contributed by atoms with Gasteiger partial charge < -0.3 is 15.2 Å². The first kappa shape index (κ1) is 16.5. The smallest absolute Gasteiger partial charge is 0.125 e. The lowest BCUT2D eigenvalue weighted by Crippen LogP contribution is -2.33. The molecule has 0 aliphatic carbocycles. The van der Waals surface area contributed by atoms with Gasteiger partial charge in [0, 0.05) is 12.6 Å². The van der Waals surface area contributed by atoms with E-state index < -0.39 is 6.10 Å². The van der Waals surface area contributed by atoms with E-state index in [1.54, 1.807) is 0 Å². The quantitative estimate of drug-likeness (QED) is 0.823. The molecule has 3 nitrogen and oxygen atoms in total. The minimum Gasteiger partial charge on any atom is -0.490 e. The van der Waals surface area contributed by atoms with Crippen molar-refractivity contribution in [3.63, 3.8) is 0 Å². The SMILES string of the molecule is Cc1cccc(C)c1OC[C@H](O)CN[C@@H](C)c1ccccc1. The monoisotopic (exact) mass is 299 g/mol. The number of aliphatic hydroxyl groups is 1. The highest BCUT2D eigenvalue weighted by molar-refractivity contribution is 5.39. The van der Waals surface area contributed by atoms with Gasteiger partial charge in [-0.15, -0.1) is 0 Å². The Hall–Kier alpha value is -1.84. The molecular weight excluding hydrogens is 274 g/mol. The number of para-hydroxylation sites is 1. The fourth-order valence-corrected chi connectivity index (χ4v) is 2.44. The second kappa shape index (κ2) is 7.97. The Balaban J connectivity index is 1.80. The van der Waals surface area contributed by atoms with Crippen molar-refractivity contribution in [1.29, 1.82) is 0 Å². The van der Waals surface area contributed by atoms with Gasteiger partial charge in [-0.3, -0.25) is 0 Å². The average molecular weight is 299 g/mol. The molecule has 0 radical (unpaired) electrons. The molecule has 2 atom stereocenters. The van der Waals surface area contributed by atoms with E-state index in [1.165, 1.54) is 5.56 Å². The summed E-state index contributed by atoms with van der Waals surface area (Å²) in [6, 6.07) is 16.5. The van der Waals surface area contributed by atoms with Crippen LogP contribution in [0.3, 0.4) is 0 Å². The molecule has 0 saturated heterocycles. The van der Waals surface area contributed by atoms with Crippen molar-refractivity contribution in [2.45, 2.75) is 32.9 Å². The lowest BCUT2D eigenvalue weighted by atomic mass is 10.1. The molecule has 2 aromatic rings. The van der Waals surface area contributed by atoms with Gasteiger partial charge in [0.25, 0.3) is 0 Å². The first-order valence-corrected chi connectivity index (χ1v) is 7.73. The predicted molar refractivity (Wildman–Crippen MR) is 90.3 cm³/mol. The van der Waals surface area contributed by atoms with Crippen LogP contribution in [0.5, 0.6) is 5.75 Å². The Labute approximate surface area is 133 Å². The van der Waals surface area contributed by atoms with Crippen LogP contribution in [0.15, 0.2) is 48.5 Å². The van der Waals surface area contributed by atoms with Crippen molar-refractivity contribution in [2.75, 3.05) is 13.2 Å². The van der Waals surface area contributed by atoms with Gasteiger partial charge >= 0.3 is 0 Å². The number of nitrogens with one attached hydrogen (secondary N) is 1. The molecule has 0 aliphatic rings. The first-order valence-electron chi connectivity index (χ1n) is 7.73. The second-order valence-electron chi connectivity index (χ2n) is 5.73. The number of hydrogen-bond acceptors (Lipinski definition) is 3. The molecule has 0 unspecified atom stereocenters. The topological polar surface area (TPSA) is 41.5 Å². The van der Waals surface area contributed by atoms with E-state index in [0.29, 0.717) is 13.2 Å². The molecule has 0 amide bonds. The Bertz CT molecular complexity index is 563. The maximum absolute atomic E-state index is 10.1. The maximum atomic E-state index is 10.1. The van der Waals surface area contributed by atoms with Crippen molar-refractivity contribution < 1.29 is 9.84 Å². The molecule has 0 saturated carbocycles. The molecule has 2 N–H and O–H groups in total. The molecule has 0 aromatic heterocycles. The third-order valence-corrected chi connectivity index (χ3v) is 3.79. The number of rotatable bonds is 7. The number of aliphatic hydroxyl groups excluding tert-OH is 1. The van der Waals surface area contributed by atoms with Crippen molar-refractivity contribution in [3.05, 3.63) is 65.2 Å². The number of hydrogen-bond donors (Lipinski definition) is 2. The number of benzene rings is 2. The van der Waals surface area contributed by atoms with Gasteiger partial charge in [0.2, 0.25) is 0 Å². The lowest BCUT2D eigenvalue weighted by molar-refractivity contribution is 0.103. The van der Waals surface area contributed by atoms with E-state index in [1.807, 2.05) is 50.2 Å². The van der Waals surface area contributed by atoms with Gasteiger partial charge in [-0.05, 0) is 37.5 Å². The highest BCUT2D eigenvalue weighted by atomic mass is 16.5. The second-order valence-corrected chi connectivity index (χ2v) is 5.73. The first-order chi connectivity index (χ1) is 10.6. The number of aryl methyl sites for hydroxylation is 2. The van der Waals surface area contributed by atoms with Crippen LogP contribution in [-0.2, 0) is 0 Å². The van der Waals surface area contributed by atoms with E-state index in [9.17, 15) is 5.11 Å². The molecule has 0 fully saturated rings. The third-order valence-electron chi connectivity index (χ3n) is 3.79. The van der Waals surface area contributed by atoms with Gasteiger partial charge in [0.15, 0.2) is 0 Å². The van der Waals surface area contributed by atoms with E-state index in [2.05, 4.69) is 24.4 Å². The zero-order chi connectivity index (χ0) is 15.9. The largest absolute Gasteiger partial charge is 0.490 e. The summed E-state index contributed by atoms with van der Waals surface area (Å²) in [5, 5.41) is 13.4. The van der Waals surface area contributed by atoms with Crippen LogP contribution in [-0.4, -0.2) is 24.4 Å². The van der Waals surface area contributed by atoms with E-state index in [-0.39, 0.29) is 6.04 Å². The Kier molecular flexibility index (Phi) is 5.99. The van der Waals surface area contributed by atoms with Gasteiger partial charge in [0.05, 0.1) is 0 Å². The molecule has 0 bridgehead atoms. The van der Waals surface area contributed by atoms with E-state index in [0.717, 1.165) is 16.9 Å².